The number of halogens is 1. The minimum atomic E-state index is -4.22. The highest BCUT2D eigenvalue weighted by Crippen LogP contribution is 2.28. The molecule has 2 amide bonds. The molecule has 242 valence electrons. The lowest BCUT2D eigenvalue weighted by Crippen LogP contribution is -2.53. The Morgan fingerprint density at radius 3 is 2.26 bits per heavy atom. The van der Waals surface area contributed by atoms with E-state index in [2.05, 4.69) is 5.32 Å². The van der Waals surface area contributed by atoms with Gasteiger partial charge in [0.2, 0.25) is 11.8 Å². The van der Waals surface area contributed by atoms with Crippen molar-refractivity contribution in [2.75, 3.05) is 24.5 Å². The summed E-state index contributed by atoms with van der Waals surface area (Å²) in [5.74, 6) is -0.436. The van der Waals surface area contributed by atoms with Crippen LogP contribution in [0, 0.1) is 6.92 Å². The largest absolute Gasteiger partial charge is 0.497 e. The summed E-state index contributed by atoms with van der Waals surface area (Å²) in [5, 5.41) is 3.47. The van der Waals surface area contributed by atoms with Crippen molar-refractivity contribution in [2.45, 2.75) is 50.6 Å². The average Bonchev–Trinajstić information content (AvgIpc) is 3.05. The van der Waals surface area contributed by atoms with Crippen LogP contribution in [0.3, 0.4) is 0 Å². The van der Waals surface area contributed by atoms with E-state index in [1.165, 1.54) is 24.1 Å². The van der Waals surface area contributed by atoms with Crippen LogP contribution in [0.15, 0.2) is 108 Å². The van der Waals surface area contributed by atoms with Crippen molar-refractivity contribution in [2.24, 2.45) is 0 Å². The van der Waals surface area contributed by atoms with Crippen LogP contribution >= 0.6 is 11.6 Å². The Kier molecular flexibility index (Phi) is 12.2. The molecule has 0 saturated carbocycles. The number of benzene rings is 4. The maximum Gasteiger partial charge on any atom is 0.264 e. The van der Waals surface area contributed by atoms with Gasteiger partial charge in [0.1, 0.15) is 18.3 Å². The van der Waals surface area contributed by atoms with Gasteiger partial charge in [-0.05, 0) is 60.9 Å². The number of carbonyl (C=O) groups excluding carboxylic acids is 2. The first kappa shape index (κ1) is 34.5. The second-order valence-electron chi connectivity index (χ2n) is 11.0. The topological polar surface area (TPSA) is 96.0 Å². The van der Waals surface area contributed by atoms with Gasteiger partial charge in [-0.3, -0.25) is 13.9 Å². The van der Waals surface area contributed by atoms with E-state index in [1.807, 2.05) is 50.2 Å². The van der Waals surface area contributed by atoms with Gasteiger partial charge in [0, 0.05) is 30.6 Å². The quantitative estimate of drug-likeness (QED) is 0.149. The summed E-state index contributed by atoms with van der Waals surface area (Å²) < 4.78 is 34.8. The Labute approximate surface area is 277 Å². The van der Waals surface area contributed by atoms with E-state index < -0.39 is 28.5 Å². The monoisotopic (exact) mass is 661 g/mol. The van der Waals surface area contributed by atoms with E-state index in [0.29, 0.717) is 22.9 Å². The van der Waals surface area contributed by atoms with Gasteiger partial charge in [-0.15, -0.1) is 0 Å². The Morgan fingerprint density at radius 1 is 0.891 bits per heavy atom. The third-order valence-electron chi connectivity index (χ3n) is 7.57. The Morgan fingerprint density at radius 2 is 1.59 bits per heavy atom. The molecule has 1 N–H and O–H groups in total. The number of amides is 2. The SMILES string of the molecule is CCCCNC(=O)[C@@H](Cc1ccccc1)N(Cc1cccc(Cl)c1)C(=O)CN(c1cccc(OC)c1)S(=O)(=O)c1ccc(C)cc1. The van der Waals surface area contributed by atoms with Crippen molar-refractivity contribution < 1.29 is 22.7 Å². The minimum absolute atomic E-state index is 0.0354. The molecule has 0 aliphatic heterocycles. The first-order chi connectivity index (χ1) is 22.1. The molecule has 0 aromatic heterocycles. The fourth-order valence-corrected chi connectivity index (χ4v) is 6.64. The summed E-state index contributed by atoms with van der Waals surface area (Å²) in [7, 11) is -2.73. The van der Waals surface area contributed by atoms with Crippen LogP contribution in [0.2, 0.25) is 5.02 Å². The van der Waals surface area contributed by atoms with E-state index in [1.54, 1.807) is 54.6 Å². The van der Waals surface area contributed by atoms with Crippen LogP contribution in [-0.2, 0) is 32.6 Å². The highest BCUT2D eigenvalue weighted by molar-refractivity contribution is 7.92. The number of carbonyl (C=O) groups is 2. The number of rotatable bonds is 15. The zero-order chi connectivity index (χ0) is 33.1. The molecule has 4 aromatic rings. The predicted octanol–water partition coefficient (Wildman–Crippen LogP) is 6.41. The molecule has 4 rings (SSSR count). The Balaban J connectivity index is 1.80. The highest BCUT2D eigenvalue weighted by Gasteiger charge is 2.34. The molecule has 0 aliphatic carbocycles. The molecule has 1 atom stereocenters. The number of anilines is 1. The molecule has 0 heterocycles. The van der Waals surface area contributed by atoms with Crippen molar-refractivity contribution >= 4 is 39.1 Å². The van der Waals surface area contributed by atoms with E-state index in [-0.39, 0.29) is 29.5 Å². The maximum atomic E-state index is 14.5. The summed E-state index contributed by atoms with van der Waals surface area (Å²) in [6, 6.07) is 28.6. The first-order valence-electron chi connectivity index (χ1n) is 15.2. The molecule has 0 spiro atoms. The molecular formula is C36H40ClN3O5S. The molecule has 0 fully saturated rings. The fraction of sp³-hybridized carbons (Fsp3) is 0.278. The van der Waals surface area contributed by atoms with E-state index in [9.17, 15) is 18.0 Å². The lowest BCUT2D eigenvalue weighted by atomic mass is 10.0. The number of hydrogen-bond acceptors (Lipinski definition) is 5. The maximum absolute atomic E-state index is 14.5. The van der Waals surface area contributed by atoms with Crippen molar-refractivity contribution in [1.82, 2.24) is 10.2 Å². The van der Waals surface area contributed by atoms with E-state index in [4.69, 9.17) is 16.3 Å². The van der Waals surface area contributed by atoms with Crippen molar-refractivity contribution in [3.05, 3.63) is 125 Å². The third kappa shape index (κ3) is 9.11. The summed E-state index contributed by atoms with van der Waals surface area (Å²) in [4.78, 5) is 29.9. The molecule has 0 bridgehead atoms. The number of sulfonamides is 1. The van der Waals surface area contributed by atoms with Crippen molar-refractivity contribution in [3.8, 4) is 5.75 Å². The van der Waals surface area contributed by atoms with E-state index >= 15 is 0 Å². The van der Waals surface area contributed by atoms with Crippen LogP contribution in [-0.4, -0.2) is 51.4 Å². The Bertz CT molecular complexity index is 1720. The van der Waals surface area contributed by atoms with Gasteiger partial charge >= 0.3 is 0 Å². The van der Waals surface area contributed by atoms with Crippen LogP contribution in [0.5, 0.6) is 5.75 Å². The van der Waals surface area contributed by atoms with Crippen molar-refractivity contribution in [1.29, 1.82) is 0 Å². The number of nitrogens with one attached hydrogen (secondary N) is 1. The smallest absolute Gasteiger partial charge is 0.264 e. The molecule has 0 saturated heterocycles. The Hall–Kier alpha value is -4.34. The van der Waals surface area contributed by atoms with E-state index in [0.717, 1.165) is 28.3 Å². The minimum Gasteiger partial charge on any atom is -0.497 e. The molecule has 4 aromatic carbocycles. The number of aryl methyl sites for hydroxylation is 1. The molecule has 0 aliphatic rings. The van der Waals surface area contributed by atoms with Gasteiger partial charge in [0.05, 0.1) is 17.7 Å². The number of methoxy groups -OCH3 is 1. The molecule has 46 heavy (non-hydrogen) atoms. The third-order valence-corrected chi connectivity index (χ3v) is 9.59. The van der Waals surface area contributed by atoms with Crippen LogP contribution in [0.4, 0.5) is 5.69 Å². The normalized spacial score (nSPS) is 11.8. The lowest BCUT2D eigenvalue weighted by molar-refractivity contribution is -0.140. The second-order valence-corrected chi connectivity index (χ2v) is 13.3. The van der Waals surface area contributed by atoms with Gasteiger partial charge in [0.25, 0.3) is 10.0 Å². The number of unbranched alkanes of at least 4 members (excludes halogenated alkanes) is 1. The molecular weight excluding hydrogens is 622 g/mol. The highest BCUT2D eigenvalue weighted by atomic mass is 35.5. The fourth-order valence-electron chi connectivity index (χ4n) is 5.02. The van der Waals surface area contributed by atoms with Crippen LogP contribution in [0.25, 0.3) is 0 Å². The molecule has 8 nitrogen and oxygen atoms in total. The zero-order valence-corrected chi connectivity index (χ0v) is 27.9. The molecule has 0 unspecified atom stereocenters. The van der Waals surface area contributed by atoms with Gasteiger partial charge in [0.15, 0.2) is 0 Å². The molecule has 10 heteroatoms. The standard InChI is InChI=1S/C36H40ClN3O5S/c1-4-5-21-38-36(42)34(23-28-11-7-6-8-12-28)39(25-29-13-9-14-30(37)22-29)35(41)26-40(31-15-10-16-32(24-31)45-3)46(43,44)33-19-17-27(2)18-20-33/h6-20,22,24,34H,4-5,21,23,25-26H2,1-3H3,(H,38,42)/t34-/m1/s1. The number of hydrogen-bond donors (Lipinski definition) is 1. The number of nitrogens with zero attached hydrogens (tertiary/aromatic N) is 2. The first-order valence-corrected chi connectivity index (χ1v) is 17.0. The van der Waals surface area contributed by atoms with Gasteiger partial charge < -0.3 is 15.0 Å². The summed E-state index contributed by atoms with van der Waals surface area (Å²) in [6.45, 7) is 3.83. The van der Waals surface area contributed by atoms with Gasteiger partial charge in [-0.25, -0.2) is 8.42 Å². The van der Waals surface area contributed by atoms with Crippen LogP contribution in [0.1, 0.15) is 36.5 Å². The zero-order valence-electron chi connectivity index (χ0n) is 26.4. The average molecular weight is 662 g/mol. The number of ether oxygens (including phenoxy) is 1. The summed E-state index contributed by atoms with van der Waals surface area (Å²) >= 11 is 6.31. The summed E-state index contributed by atoms with van der Waals surface area (Å²) in [6.07, 6.45) is 1.90. The predicted molar refractivity (Wildman–Crippen MR) is 183 cm³/mol. The van der Waals surface area contributed by atoms with Gasteiger partial charge in [-0.1, -0.05) is 91.2 Å². The van der Waals surface area contributed by atoms with Crippen LogP contribution < -0.4 is 14.4 Å². The van der Waals surface area contributed by atoms with Crippen molar-refractivity contribution in [3.63, 3.8) is 0 Å². The van der Waals surface area contributed by atoms with Gasteiger partial charge in [-0.2, -0.15) is 0 Å². The molecule has 0 radical (unpaired) electrons. The lowest BCUT2D eigenvalue weighted by Gasteiger charge is -2.34. The summed E-state index contributed by atoms with van der Waals surface area (Å²) in [5.41, 5.74) is 2.71. The second kappa shape index (κ2) is 16.3.